The number of pyridine rings is 1. The second-order valence-corrected chi connectivity index (χ2v) is 4.07. The van der Waals surface area contributed by atoms with Gasteiger partial charge in [0.15, 0.2) is 5.43 Å². The van der Waals surface area contributed by atoms with Crippen molar-refractivity contribution in [2.75, 3.05) is 0 Å². The van der Waals surface area contributed by atoms with Gasteiger partial charge in [-0.3, -0.25) is 4.79 Å². The van der Waals surface area contributed by atoms with E-state index in [4.69, 9.17) is 0 Å². The smallest absolute Gasteiger partial charge is 0.197 e. The third-order valence-corrected chi connectivity index (χ3v) is 3.04. The summed E-state index contributed by atoms with van der Waals surface area (Å²) in [7, 11) is 0. The lowest BCUT2D eigenvalue weighted by Gasteiger charge is -2.09. The summed E-state index contributed by atoms with van der Waals surface area (Å²) in [6.07, 6.45) is 1.75. The van der Waals surface area contributed by atoms with Crippen LogP contribution >= 0.6 is 0 Å². The molecule has 0 aliphatic carbocycles. The third kappa shape index (κ3) is 2.18. The largest absolute Gasteiger partial charge is 0.309 e. The Bertz CT molecular complexity index is 792. The molecule has 0 atom stereocenters. The minimum absolute atomic E-state index is 0.0647. The highest BCUT2D eigenvalue weighted by atomic mass is 16.1. The van der Waals surface area contributed by atoms with Gasteiger partial charge in [-0.2, -0.15) is 0 Å². The fourth-order valence-electron chi connectivity index (χ4n) is 2.26. The molecule has 3 rings (SSSR count). The molecule has 0 amide bonds. The zero-order chi connectivity index (χ0) is 14.5. The molecule has 0 aliphatic rings. The molecule has 0 aliphatic heterocycles. The van der Waals surface area contributed by atoms with E-state index < -0.39 is 0 Å². The summed E-state index contributed by atoms with van der Waals surface area (Å²) in [5, 5.41) is 1.42. The Morgan fingerprint density at radius 3 is 1.85 bits per heavy atom. The van der Waals surface area contributed by atoms with Gasteiger partial charge in [-0.15, -0.1) is 5.73 Å². The van der Waals surface area contributed by atoms with E-state index in [9.17, 15) is 4.79 Å². The van der Waals surface area contributed by atoms with Gasteiger partial charge in [0.25, 0.3) is 0 Å². The van der Waals surface area contributed by atoms with Crippen molar-refractivity contribution in [3.8, 4) is 0 Å². The molecule has 1 aromatic heterocycles. The first-order valence-corrected chi connectivity index (χ1v) is 6.71. The predicted molar refractivity (Wildman–Crippen MR) is 87.0 cm³/mol. The van der Waals surface area contributed by atoms with Crippen molar-refractivity contribution in [1.82, 2.24) is 4.57 Å². The molecule has 2 heteroatoms. The van der Waals surface area contributed by atoms with Crippen molar-refractivity contribution < 1.29 is 0 Å². The zero-order valence-electron chi connectivity index (χ0n) is 11.8. The fourth-order valence-corrected chi connectivity index (χ4v) is 2.26. The van der Waals surface area contributed by atoms with Crippen LogP contribution in [0, 0.1) is 0 Å². The van der Waals surface area contributed by atoms with Crippen LogP contribution in [0.5, 0.6) is 0 Å². The van der Waals surface area contributed by atoms with Crippen LogP contribution < -0.4 is 5.43 Å². The number of hydrogen-bond acceptors (Lipinski definition) is 1. The van der Waals surface area contributed by atoms with Crippen LogP contribution in [0.25, 0.3) is 28.0 Å². The third-order valence-electron chi connectivity index (χ3n) is 3.04. The molecule has 1 heterocycles. The maximum Gasteiger partial charge on any atom is 0.197 e. The first kappa shape index (κ1) is 13.9. The van der Waals surface area contributed by atoms with E-state index >= 15 is 0 Å². The Morgan fingerprint density at radius 2 is 1.40 bits per heavy atom. The molecule has 20 heavy (non-hydrogen) atoms. The number of benzene rings is 2. The van der Waals surface area contributed by atoms with Gasteiger partial charge in [0.2, 0.25) is 0 Å². The predicted octanol–water partition coefficient (Wildman–Crippen LogP) is 4.44. The lowest BCUT2D eigenvalue weighted by atomic mass is 10.1. The molecule has 0 bridgehead atoms. The quantitative estimate of drug-likeness (QED) is 0.470. The molecule has 2 nitrogen and oxygen atoms in total. The van der Waals surface area contributed by atoms with Gasteiger partial charge in [0.05, 0.1) is 17.2 Å². The number of hydrogen-bond donors (Lipinski definition) is 0. The molecular formula is C18H17NO. The summed E-state index contributed by atoms with van der Waals surface area (Å²) in [6, 6.07) is 15.1. The van der Waals surface area contributed by atoms with Crippen molar-refractivity contribution in [2.45, 2.75) is 13.8 Å². The van der Waals surface area contributed by atoms with E-state index in [0.29, 0.717) is 10.8 Å². The Balaban J connectivity index is 0.000000704. The number of nitrogens with zero attached hydrogens (tertiary/aromatic N) is 1. The van der Waals surface area contributed by atoms with E-state index in [0.717, 1.165) is 11.0 Å². The van der Waals surface area contributed by atoms with Crippen LogP contribution in [0.4, 0.5) is 0 Å². The lowest BCUT2D eigenvalue weighted by molar-refractivity contribution is 1.27. The molecule has 3 aromatic rings. The Morgan fingerprint density at radius 1 is 0.950 bits per heavy atom. The Hall–Kier alpha value is -2.57. The fraction of sp³-hybridized carbons (Fsp3) is 0.111. The minimum Gasteiger partial charge on any atom is -0.309 e. The van der Waals surface area contributed by atoms with E-state index in [1.807, 2.05) is 66.9 Å². The molecule has 100 valence electrons. The SMILES string of the molecule is C=C=Cn1c2ccccc2c(=O)c2ccccc21.CC. The summed E-state index contributed by atoms with van der Waals surface area (Å²) in [6.45, 7) is 7.61. The van der Waals surface area contributed by atoms with E-state index in [2.05, 4.69) is 12.3 Å². The molecule has 0 unspecified atom stereocenters. The molecule has 0 fully saturated rings. The number of para-hydroxylation sites is 2. The van der Waals surface area contributed by atoms with Gasteiger partial charge >= 0.3 is 0 Å². The molecule has 0 saturated heterocycles. The standard InChI is InChI=1S/C16H11NO.C2H6/c1-2-11-17-14-9-5-3-7-12(14)16(18)13-8-4-6-10-15(13)17;1-2/h3-11H,1H2;1-2H3. The molecular weight excluding hydrogens is 246 g/mol. The van der Waals surface area contributed by atoms with Crippen molar-refractivity contribution in [3.63, 3.8) is 0 Å². The van der Waals surface area contributed by atoms with Gasteiger partial charge in [0.1, 0.15) is 0 Å². The molecule has 0 spiro atoms. The van der Waals surface area contributed by atoms with Gasteiger partial charge in [0, 0.05) is 10.8 Å². The molecule has 0 radical (unpaired) electrons. The van der Waals surface area contributed by atoms with Crippen LogP contribution in [-0.2, 0) is 0 Å². The van der Waals surface area contributed by atoms with Gasteiger partial charge in [-0.05, 0) is 24.3 Å². The van der Waals surface area contributed by atoms with Gasteiger partial charge in [-0.1, -0.05) is 44.7 Å². The van der Waals surface area contributed by atoms with Crippen molar-refractivity contribution >= 4 is 28.0 Å². The first-order chi connectivity index (χ1) is 9.83. The van der Waals surface area contributed by atoms with Crippen molar-refractivity contribution in [3.05, 3.63) is 71.1 Å². The number of aromatic nitrogens is 1. The maximum atomic E-state index is 12.4. The van der Waals surface area contributed by atoms with E-state index in [-0.39, 0.29) is 5.43 Å². The Kier molecular flexibility index (Phi) is 4.19. The Labute approximate surface area is 118 Å². The second kappa shape index (κ2) is 6.05. The van der Waals surface area contributed by atoms with Crippen LogP contribution in [0.2, 0.25) is 0 Å². The average Bonchev–Trinajstić information content (AvgIpc) is 2.53. The highest BCUT2D eigenvalue weighted by Crippen LogP contribution is 2.18. The summed E-state index contributed by atoms with van der Waals surface area (Å²) in [5.74, 6) is 0. The highest BCUT2D eigenvalue weighted by Gasteiger charge is 2.07. The summed E-state index contributed by atoms with van der Waals surface area (Å²) in [5.41, 5.74) is 4.58. The van der Waals surface area contributed by atoms with Crippen molar-refractivity contribution in [1.29, 1.82) is 0 Å². The highest BCUT2D eigenvalue weighted by molar-refractivity contribution is 5.95. The number of rotatable bonds is 1. The molecule has 0 N–H and O–H groups in total. The molecule has 0 saturated carbocycles. The first-order valence-electron chi connectivity index (χ1n) is 6.71. The lowest BCUT2D eigenvalue weighted by Crippen LogP contribution is -2.07. The number of fused-ring (bicyclic) bond motifs is 2. The van der Waals surface area contributed by atoms with E-state index in [1.54, 1.807) is 6.20 Å². The summed E-state index contributed by atoms with van der Waals surface area (Å²) in [4.78, 5) is 12.4. The topological polar surface area (TPSA) is 22.0 Å². The summed E-state index contributed by atoms with van der Waals surface area (Å²) < 4.78 is 1.94. The zero-order valence-corrected chi connectivity index (χ0v) is 11.8. The van der Waals surface area contributed by atoms with Crippen molar-refractivity contribution in [2.24, 2.45) is 0 Å². The van der Waals surface area contributed by atoms with Crippen LogP contribution in [0.1, 0.15) is 13.8 Å². The minimum atomic E-state index is 0.0647. The van der Waals surface area contributed by atoms with Crippen LogP contribution in [0.15, 0.2) is 65.6 Å². The monoisotopic (exact) mass is 263 g/mol. The average molecular weight is 263 g/mol. The maximum absolute atomic E-state index is 12.4. The van der Waals surface area contributed by atoms with Gasteiger partial charge in [-0.25, -0.2) is 0 Å². The second-order valence-electron chi connectivity index (χ2n) is 4.07. The normalized spacial score (nSPS) is 9.70. The molecule has 2 aromatic carbocycles. The van der Waals surface area contributed by atoms with E-state index in [1.165, 1.54) is 0 Å². The summed E-state index contributed by atoms with van der Waals surface area (Å²) >= 11 is 0. The van der Waals surface area contributed by atoms with Gasteiger partial charge < -0.3 is 4.57 Å². The van der Waals surface area contributed by atoms with Crippen LogP contribution in [0.3, 0.4) is 0 Å². The van der Waals surface area contributed by atoms with Crippen LogP contribution in [-0.4, -0.2) is 4.57 Å².